The van der Waals surface area contributed by atoms with E-state index in [4.69, 9.17) is 0 Å². The second-order valence-corrected chi connectivity index (χ2v) is 11.1. The molecule has 5 rings (SSSR count). The summed E-state index contributed by atoms with van der Waals surface area (Å²) in [6.07, 6.45) is 8.39. The number of nitrogens with zero attached hydrogens (tertiary/aromatic N) is 3. The lowest BCUT2D eigenvalue weighted by Crippen LogP contribution is -2.21. The Balaban J connectivity index is 1.34. The average molecular weight is 471 g/mol. The van der Waals surface area contributed by atoms with Gasteiger partial charge in [0, 0.05) is 16.8 Å². The summed E-state index contributed by atoms with van der Waals surface area (Å²) in [4.78, 5) is 33.6. The van der Waals surface area contributed by atoms with Crippen LogP contribution < -0.4 is 10.9 Å². The van der Waals surface area contributed by atoms with E-state index in [1.54, 1.807) is 23.0 Å². The van der Waals surface area contributed by atoms with Gasteiger partial charge in [0.2, 0.25) is 5.91 Å². The standard InChI is InChI=1S/C22H22N4O2S3/c1-26-21(28)18-13-7-5-9-16(13)31-20(18)25-22(26)29-11-17(27)24-19-14(10-23)12-6-3-2-4-8-15(12)30-19/h2-9,11H2,1H3,(H,24,27). The van der Waals surface area contributed by atoms with Gasteiger partial charge in [0.05, 0.1) is 16.7 Å². The number of nitrogens with one attached hydrogen (secondary N) is 1. The topological polar surface area (TPSA) is 87.8 Å². The molecule has 0 saturated heterocycles. The number of thioether (sulfide) groups is 1. The highest BCUT2D eigenvalue weighted by Gasteiger charge is 2.24. The van der Waals surface area contributed by atoms with E-state index in [1.165, 1.54) is 44.8 Å². The molecule has 0 spiro atoms. The molecule has 0 atom stereocenters. The molecule has 2 aliphatic rings. The number of anilines is 1. The third-order valence-corrected chi connectivity index (χ3v) is 9.45. The number of thiophene rings is 2. The van der Waals surface area contributed by atoms with Crippen molar-refractivity contribution < 1.29 is 4.79 Å². The van der Waals surface area contributed by atoms with Gasteiger partial charge in [0.25, 0.3) is 5.56 Å². The largest absolute Gasteiger partial charge is 0.316 e. The van der Waals surface area contributed by atoms with E-state index < -0.39 is 0 Å². The van der Waals surface area contributed by atoms with Crippen molar-refractivity contribution in [3.8, 4) is 6.07 Å². The molecule has 160 valence electrons. The Bertz CT molecular complexity index is 1300. The maximum Gasteiger partial charge on any atom is 0.262 e. The lowest BCUT2D eigenvalue weighted by Gasteiger charge is -2.08. The fourth-order valence-electron chi connectivity index (χ4n) is 4.48. The molecule has 31 heavy (non-hydrogen) atoms. The smallest absolute Gasteiger partial charge is 0.262 e. The van der Waals surface area contributed by atoms with Crippen LogP contribution in [0.1, 0.15) is 52.1 Å². The van der Waals surface area contributed by atoms with Crippen molar-refractivity contribution in [1.82, 2.24) is 9.55 Å². The molecular weight excluding hydrogens is 448 g/mol. The maximum atomic E-state index is 12.9. The molecule has 3 heterocycles. The minimum atomic E-state index is -0.180. The molecule has 0 saturated carbocycles. The fourth-order valence-corrected chi connectivity index (χ4v) is 7.81. The number of carbonyl (C=O) groups excluding carboxylic acids is 1. The molecular formula is C22H22N4O2S3. The Labute approximate surface area is 192 Å². The summed E-state index contributed by atoms with van der Waals surface area (Å²) in [6.45, 7) is 0. The Kier molecular flexibility index (Phi) is 5.63. The minimum Gasteiger partial charge on any atom is -0.316 e. The van der Waals surface area contributed by atoms with E-state index in [2.05, 4.69) is 16.4 Å². The highest BCUT2D eigenvalue weighted by Crippen LogP contribution is 2.38. The number of rotatable bonds is 4. The van der Waals surface area contributed by atoms with Crippen molar-refractivity contribution in [1.29, 1.82) is 5.26 Å². The second-order valence-electron chi connectivity index (χ2n) is 8.01. The van der Waals surface area contributed by atoms with Crippen molar-refractivity contribution in [2.75, 3.05) is 11.1 Å². The fraction of sp³-hybridized carbons (Fsp3) is 0.455. The molecule has 0 aromatic carbocycles. The second kappa shape index (κ2) is 8.41. The van der Waals surface area contributed by atoms with Gasteiger partial charge in [0.15, 0.2) is 5.16 Å². The van der Waals surface area contributed by atoms with Crippen molar-refractivity contribution in [3.05, 3.63) is 36.8 Å². The highest BCUT2D eigenvalue weighted by molar-refractivity contribution is 7.99. The summed E-state index contributed by atoms with van der Waals surface area (Å²) in [7, 11) is 1.72. The molecule has 1 amide bonds. The van der Waals surface area contributed by atoms with E-state index in [9.17, 15) is 14.9 Å². The highest BCUT2D eigenvalue weighted by atomic mass is 32.2. The molecule has 0 radical (unpaired) electrons. The lowest BCUT2D eigenvalue weighted by molar-refractivity contribution is -0.113. The molecule has 3 aromatic rings. The number of hydrogen-bond donors (Lipinski definition) is 1. The first-order valence-electron chi connectivity index (χ1n) is 10.6. The van der Waals surface area contributed by atoms with Crippen molar-refractivity contribution in [2.45, 2.75) is 56.5 Å². The van der Waals surface area contributed by atoms with Gasteiger partial charge in [-0.2, -0.15) is 5.26 Å². The monoisotopic (exact) mass is 470 g/mol. The van der Waals surface area contributed by atoms with Crippen LogP contribution in [0.25, 0.3) is 10.2 Å². The van der Waals surface area contributed by atoms with Gasteiger partial charge in [-0.3, -0.25) is 14.2 Å². The number of aromatic nitrogens is 2. The third-order valence-electron chi connectivity index (χ3n) is 6.02. The predicted molar refractivity (Wildman–Crippen MR) is 127 cm³/mol. The summed E-state index contributed by atoms with van der Waals surface area (Å²) in [5.74, 6) is -0.0365. The number of amides is 1. The molecule has 1 N–H and O–H groups in total. The molecule has 0 unspecified atom stereocenters. The molecule has 0 bridgehead atoms. The van der Waals surface area contributed by atoms with Crippen LogP contribution in [-0.2, 0) is 37.5 Å². The van der Waals surface area contributed by atoms with Gasteiger partial charge >= 0.3 is 0 Å². The van der Waals surface area contributed by atoms with Gasteiger partial charge in [-0.25, -0.2) is 4.98 Å². The number of aryl methyl sites for hydroxylation is 3. The van der Waals surface area contributed by atoms with Crippen LogP contribution in [-0.4, -0.2) is 21.2 Å². The van der Waals surface area contributed by atoms with E-state index in [0.717, 1.165) is 60.7 Å². The zero-order valence-electron chi connectivity index (χ0n) is 17.2. The van der Waals surface area contributed by atoms with Gasteiger partial charge < -0.3 is 5.32 Å². The quantitative estimate of drug-likeness (QED) is 0.347. The number of nitriles is 1. The molecule has 0 fully saturated rings. The molecule has 0 aliphatic heterocycles. The Hall–Kier alpha value is -2.15. The first-order valence-corrected chi connectivity index (χ1v) is 13.2. The number of carbonyl (C=O) groups is 1. The predicted octanol–water partition coefficient (Wildman–Crippen LogP) is 4.42. The van der Waals surface area contributed by atoms with Crippen molar-refractivity contribution in [2.24, 2.45) is 7.05 Å². The van der Waals surface area contributed by atoms with Gasteiger partial charge in [-0.1, -0.05) is 18.2 Å². The summed E-state index contributed by atoms with van der Waals surface area (Å²) in [6, 6.07) is 2.30. The molecule has 9 heteroatoms. The van der Waals surface area contributed by atoms with Gasteiger partial charge in [-0.05, 0) is 56.1 Å². The summed E-state index contributed by atoms with van der Waals surface area (Å²) in [5.41, 5.74) is 2.89. The molecule has 2 aliphatic carbocycles. The maximum absolute atomic E-state index is 12.9. The first kappa shape index (κ1) is 20.7. The Morgan fingerprint density at radius 1 is 1.13 bits per heavy atom. The zero-order chi connectivity index (χ0) is 21.5. The Morgan fingerprint density at radius 3 is 2.71 bits per heavy atom. The van der Waals surface area contributed by atoms with Crippen molar-refractivity contribution in [3.63, 3.8) is 0 Å². The average Bonchev–Trinajstić information content (AvgIpc) is 3.37. The number of fused-ring (bicyclic) bond motifs is 4. The zero-order valence-corrected chi connectivity index (χ0v) is 19.7. The summed E-state index contributed by atoms with van der Waals surface area (Å²) < 4.78 is 1.56. The van der Waals surface area contributed by atoms with Gasteiger partial charge in [0.1, 0.15) is 15.9 Å². The number of hydrogen-bond acceptors (Lipinski definition) is 7. The van der Waals surface area contributed by atoms with E-state index >= 15 is 0 Å². The lowest BCUT2D eigenvalue weighted by atomic mass is 10.1. The van der Waals surface area contributed by atoms with Crippen LogP contribution in [0.5, 0.6) is 0 Å². The van der Waals surface area contributed by atoms with Gasteiger partial charge in [-0.15, -0.1) is 22.7 Å². The van der Waals surface area contributed by atoms with Crippen LogP contribution >= 0.6 is 34.4 Å². The van der Waals surface area contributed by atoms with Crippen LogP contribution in [0.3, 0.4) is 0 Å². The Morgan fingerprint density at radius 2 is 1.87 bits per heavy atom. The van der Waals surface area contributed by atoms with Crippen molar-refractivity contribution >= 4 is 55.6 Å². The van der Waals surface area contributed by atoms with E-state index in [1.807, 2.05) is 0 Å². The first-order chi connectivity index (χ1) is 15.1. The van der Waals surface area contributed by atoms with E-state index in [0.29, 0.717) is 15.7 Å². The van der Waals surface area contributed by atoms with Crippen LogP contribution in [0.4, 0.5) is 5.00 Å². The molecule has 6 nitrogen and oxygen atoms in total. The van der Waals surface area contributed by atoms with Crippen LogP contribution in [0.2, 0.25) is 0 Å². The normalized spacial score (nSPS) is 15.4. The van der Waals surface area contributed by atoms with Crippen LogP contribution in [0, 0.1) is 11.3 Å². The minimum absolute atomic E-state index is 0.0268. The van der Waals surface area contributed by atoms with Crippen LogP contribution in [0.15, 0.2) is 9.95 Å². The van der Waals surface area contributed by atoms with E-state index in [-0.39, 0.29) is 17.2 Å². The summed E-state index contributed by atoms with van der Waals surface area (Å²) in [5, 5.41) is 14.5. The third kappa shape index (κ3) is 3.71. The summed E-state index contributed by atoms with van der Waals surface area (Å²) >= 11 is 4.41. The molecule has 3 aromatic heterocycles. The SMILES string of the molecule is Cn1c(SCC(=O)Nc2sc3c(c2C#N)CCCCC3)nc2sc3c(c2c1=O)CCC3.